The van der Waals surface area contributed by atoms with Crippen molar-refractivity contribution in [1.82, 2.24) is 0 Å². The summed E-state index contributed by atoms with van der Waals surface area (Å²) in [5.41, 5.74) is 10.4. The van der Waals surface area contributed by atoms with Gasteiger partial charge < -0.3 is 20.5 Å². The third-order valence-corrected chi connectivity index (χ3v) is 5.92. The highest BCUT2D eigenvalue weighted by Gasteiger charge is 2.39. The fourth-order valence-corrected chi connectivity index (χ4v) is 4.63. The number of benzene rings is 2. The highest BCUT2D eigenvalue weighted by molar-refractivity contribution is 6.16. The number of nitrogens with zero attached hydrogens (tertiary/aromatic N) is 1. The first-order valence-corrected chi connectivity index (χ1v) is 11.2. The molecule has 0 atom stereocenters. The van der Waals surface area contributed by atoms with Gasteiger partial charge in [-0.2, -0.15) is 0 Å². The monoisotopic (exact) mass is 449 g/mol. The van der Waals surface area contributed by atoms with E-state index in [1.165, 1.54) is 5.56 Å². The molecule has 2 aliphatic heterocycles. The number of nitrogens with two attached hydrogens (primary N) is 1. The topological polar surface area (TPSA) is 103 Å². The number of nitrogens with one attached hydrogen (secondary N) is 1. The number of carbonyl (C=O) groups is 2. The lowest BCUT2D eigenvalue weighted by Crippen LogP contribution is -2.30. The number of rotatable bonds is 6. The number of amides is 2. The van der Waals surface area contributed by atoms with Crippen LogP contribution in [0.2, 0.25) is 0 Å². The van der Waals surface area contributed by atoms with Crippen LogP contribution in [0.25, 0.3) is 0 Å². The molecule has 33 heavy (non-hydrogen) atoms. The van der Waals surface area contributed by atoms with Crippen molar-refractivity contribution in [3.8, 4) is 11.5 Å². The molecule has 0 saturated heterocycles. The van der Waals surface area contributed by atoms with Gasteiger partial charge in [0.15, 0.2) is 11.5 Å². The van der Waals surface area contributed by atoms with Gasteiger partial charge in [-0.1, -0.05) is 12.1 Å². The van der Waals surface area contributed by atoms with Crippen LogP contribution in [-0.4, -0.2) is 35.8 Å². The van der Waals surface area contributed by atoms with Gasteiger partial charge in [-0.15, -0.1) is 0 Å². The van der Waals surface area contributed by atoms with Crippen molar-refractivity contribution < 1.29 is 19.1 Å². The SMILES string of the molecule is COc1cc2c(c3c1OC(C)(C)C3)C(c1cccc(NC(=O)CCC(N)=O)c1)=NC(C)(C)C2. The van der Waals surface area contributed by atoms with E-state index in [1.54, 1.807) is 7.11 Å². The van der Waals surface area contributed by atoms with Crippen molar-refractivity contribution in [3.05, 3.63) is 52.6 Å². The molecule has 7 nitrogen and oxygen atoms in total. The van der Waals surface area contributed by atoms with E-state index in [-0.39, 0.29) is 29.9 Å². The Labute approximate surface area is 194 Å². The highest BCUT2D eigenvalue weighted by atomic mass is 16.5. The fourth-order valence-electron chi connectivity index (χ4n) is 4.63. The van der Waals surface area contributed by atoms with E-state index in [9.17, 15) is 9.59 Å². The molecule has 0 aromatic heterocycles. The number of aliphatic imine (C=N–C) groups is 1. The molecule has 2 heterocycles. The number of fused-ring (bicyclic) bond motifs is 3. The Morgan fingerprint density at radius 2 is 1.91 bits per heavy atom. The van der Waals surface area contributed by atoms with E-state index in [0.717, 1.165) is 46.7 Å². The first-order valence-electron chi connectivity index (χ1n) is 11.2. The molecule has 4 rings (SSSR count). The van der Waals surface area contributed by atoms with Gasteiger partial charge in [0.1, 0.15) is 5.60 Å². The maximum atomic E-state index is 12.2. The van der Waals surface area contributed by atoms with Crippen LogP contribution in [0.1, 0.15) is 62.8 Å². The number of ether oxygens (including phenoxy) is 2. The molecule has 2 aromatic carbocycles. The van der Waals surface area contributed by atoms with Crippen LogP contribution in [0, 0.1) is 0 Å². The number of hydrogen-bond acceptors (Lipinski definition) is 5. The van der Waals surface area contributed by atoms with Gasteiger partial charge >= 0.3 is 0 Å². The molecule has 2 amide bonds. The average Bonchev–Trinajstić information content (AvgIpc) is 3.05. The zero-order valence-electron chi connectivity index (χ0n) is 19.9. The Balaban J connectivity index is 1.77. The van der Waals surface area contributed by atoms with Crippen LogP contribution in [0.15, 0.2) is 35.3 Å². The Bertz CT molecular complexity index is 1160. The summed E-state index contributed by atoms with van der Waals surface area (Å²) in [6.45, 7) is 8.38. The second-order valence-electron chi connectivity index (χ2n) is 10.0. The summed E-state index contributed by atoms with van der Waals surface area (Å²) in [5.74, 6) is 0.785. The predicted molar refractivity (Wildman–Crippen MR) is 128 cm³/mol. The van der Waals surface area contributed by atoms with E-state index < -0.39 is 5.91 Å². The maximum absolute atomic E-state index is 12.2. The van der Waals surface area contributed by atoms with E-state index in [2.05, 4.69) is 39.1 Å². The van der Waals surface area contributed by atoms with E-state index in [1.807, 2.05) is 24.3 Å². The maximum Gasteiger partial charge on any atom is 0.224 e. The summed E-state index contributed by atoms with van der Waals surface area (Å²) >= 11 is 0. The standard InChI is InChI=1S/C26H31N3O4/c1-25(2)13-16-12-19(32-5)24-18(14-26(3,4)33-24)22(16)23(29-25)15-7-6-8-17(11-15)28-21(31)10-9-20(27)30/h6-8,11-12H,9-10,13-14H2,1-5H3,(H2,27,30)(H,28,31). The first-order chi connectivity index (χ1) is 15.5. The number of anilines is 1. The van der Waals surface area contributed by atoms with Crippen LogP contribution < -0.4 is 20.5 Å². The minimum Gasteiger partial charge on any atom is -0.493 e. The minimum absolute atomic E-state index is 0.0174. The molecule has 0 saturated carbocycles. The number of primary amides is 1. The van der Waals surface area contributed by atoms with Gasteiger partial charge in [-0.05, 0) is 57.9 Å². The van der Waals surface area contributed by atoms with Crippen molar-refractivity contribution in [2.75, 3.05) is 12.4 Å². The van der Waals surface area contributed by atoms with Crippen molar-refractivity contribution in [2.24, 2.45) is 10.7 Å². The summed E-state index contributed by atoms with van der Waals surface area (Å²) in [4.78, 5) is 28.3. The Hall–Kier alpha value is -3.35. The Morgan fingerprint density at radius 1 is 1.15 bits per heavy atom. The Kier molecular flexibility index (Phi) is 5.68. The molecule has 2 aliphatic rings. The Morgan fingerprint density at radius 3 is 2.61 bits per heavy atom. The lowest BCUT2D eigenvalue weighted by Gasteiger charge is -2.31. The molecule has 0 fully saturated rings. The van der Waals surface area contributed by atoms with Gasteiger partial charge in [0.05, 0.1) is 18.4 Å². The fraction of sp³-hybridized carbons (Fsp3) is 0.423. The van der Waals surface area contributed by atoms with E-state index in [4.69, 9.17) is 20.2 Å². The molecular weight excluding hydrogens is 418 g/mol. The predicted octanol–water partition coefficient (Wildman–Crippen LogP) is 3.78. The third-order valence-electron chi connectivity index (χ3n) is 5.92. The first kappa shape index (κ1) is 22.8. The van der Waals surface area contributed by atoms with Crippen molar-refractivity contribution in [2.45, 2.75) is 64.5 Å². The molecule has 0 aliphatic carbocycles. The van der Waals surface area contributed by atoms with Crippen molar-refractivity contribution in [3.63, 3.8) is 0 Å². The molecule has 0 bridgehead atoms. The third kappa shape index (κ3) is 4.72. The van der Waals surface area contributed by atoms with Crippen LogP contribution in [0.3, 0.4) is 0 Å². The summed E-state index contributed by atoms with van der Waals surface area (Å²) < 4.78 is 11.9. The molecule has 3 N–H and O–H groups in total. The summed E-state index contributed by atoms with van der Waals surface area (Å²) in [6, 6.07) is 9.71. The molecular formula is C26H31N3O4. The van der Waals surface area contributed by atoms with Crippen LogP contribution in [-0.2, 0) is 22.4 Å². The quantitative estimate of drug-likeness (QED) is 0.700. The molecule has 174 valence electrons. The second-order valence-corrected chi connectivity index (χ2v) is 10.0. The summed E-state index contributed by atoms with van der Waals surface area (Å²) in [7, 11) is 1.67. The minimum atomic E-state index is -0.497. The molecule has 2 aromatic rings. The van der Waals surface area contributed by atoms with Crippen LogP contribution in [0.4, 0.5) is 5.69 Å². The van der Waals surface area contributed by atoms with Gasteiger partial charge in [-0.25, -0.2) is 0 Å². The lowest BCUT2D eigenvalue weighted by molar-refractivity contribution is -0.122. The van der Waals surface area contributed by atoms with E-state index >= 15 is 0 Å². The van der Waals surface area contributed by atoms with Gasteiger partial charge in [0.2, 0.25) is 11.8 Å². The zero-order valence-corrected chi connectivity index (χ0v) is 19.9. The van der Waals surface area contributed by atoms with Crippen molar-refractivity contribution >= 4 is 23.2 Å². The molecule has 7 heteroatoms. The number of hydrogen-bond donors (Lipinski definition) is 2. The van der Waals surface area contributed by atoms with E-state index in [0.29, 0.717) is 5.69 Å². The zero-order chi connectivity index (χ0) is 24.0. The highest BCUT2D eigenvalue weighted by Crippen LogP contribution is 2.47. The average molecular weight is 450 g/mol. The van der Waals surface area contributed by atoms with Gasteiger partial charge in [-0.3, -0.25) is 14.6 Å². The molecule has 0 spiro atoms. The molecule has 0 radical (unpaired) electrons. The smallest absolute Gasteiger partial charge is 0.224 e. The van der Waals surface area contributed by atoms with Crippen LogP contribution >= 0.6 is 0 Å². The van der Waals surface area contributed by atoms with Crippen molar-refractivity contribution in [1.29, 1.82) is 0 Å². The summed E-state index contributed by atoms with van der Waals surface area (Å²) in [5, 5.41) is 2.86. The lowest BCUT2D eigenvalue weighted by atomic mass is 9.81. The normalized spacial score (nSPS) is 17.3. The van der Waals surface area contributed by atoms with Crippen LogP contribution in [0.5, 0.6) is 11.5 Å². The number of methoxy groups -OCH3 is 1. The largest absolute Gasteiger partial charge is 0.493 e. The number of carbonyl (C=O) groups excluding carboxylic acids is 2. The second kappa shape index (κ2) is 8.21. The molecule has 0 unspecified atom stereocenters. The van der Waals surface area contributed by atoms with Gasteiger partial charge in [0, 0.05) is 41.6 Å². The van der Waals surface area contributed by atoms with Gasteiger partial charge in [0.25, 0.3) is 0 Å². The summed E-state index contributed by atoms with van der Waals surface area (Å²) in [6.07, 6.45) is 1.62.